The van der Waals surface area contributed by atoms with E-state index in [1.807, 2.05) is 0 Å². The zero-order valence-corrected chi connectivity index (χ0v) is 7.88. The minimum absolute atomic E-state index is 0.224. The van der Waals surface area contributed by atoms with E-state index in [1.54, 1.807) is 0 Å². The molecule has 6 nitrogen and oxygen atoms in total. The fourth-order valence-electron chi connectivity index (χ4n) is 0.703. The standard InChI is InChI=1S/C5H15N3O3S/c1-11-5-4-8(3-2-6)12(7,9)10/h2-6H2,1H3,(H2,7,9,10). The molecule has 0 aliphatic rings. The van der Waals surface area contributed by atoms with Crippen LogP contribution in [-0.4, -0.2) is 46.1 Å². The smallest absolute Gasteiger partial charge is 0.277 e. The molecule has 0 atom stereocenters. The third kappa shape index (κ3) is 4.62. The zero-order chi connectivity index (χ0) is 9.61. The lowest BCUT2D eigenvalue weighted by atomic mass is 10.6. The molecule has 0 spiro atoms. The van der Waals surface area contributed by atoms with Crippen LogP contribution < -0.4 is 10.9 Å². The van der Waals surface area contributed by atoms with Crippen molar-refractivity contribution in [2.24, 2.45) is 10.9 Å². The molecule has 4 N–H and O–H groups in total. The first kappa shape index (κ1) is 11.8. The fourth-order valence-corrected chi connectivity index (χ4v) is 1.39. The molecular weight excluding hydrogens is 182 g/mol. The number of rotatable bonds is 6. The maximum absolute atomic E-state index is 10.8. The normalized spacial score (nSPS) is 12.3. The number of methoxy groups -OCH3 is 1. The highest BCUT2D eigenvalue weighted by Crippen LogP contribution is 1.92. The van der Waals surface area contributed by atoms with Gasteiger partial charge in [-0.25, -0.2) is 5.14 Å². The monoisotopic (exact) mass is 197 g/mol. The van der Waals surface area contributed by atoms with E-state index in [0.29, 0.717) is 6.61 Å². The van der Waals surface area contributed by atoms with Gasteiger partial charge < -0.3 is 10.5 Å². The predicted octanol–water partition coefficient (Wildman–Crippen LogP) is -1.90. The highest BCUT2D eigenvalue weighted by Gasteiger charge is 2.14. The van der Waals surface area contributed by atoms with Crippen LogP contribution in [0.5, 0.6) is 0 Å². The largest absolute Gasteiger partial charge is 0.383 e. The van der Waals surface area contributed by atoms with Crippen molar-refractivity contribution in [1.29, 1.82) is 0 Å². The molecule has 74 valence electrons. The van der Waals surface area contributed by atoms with Crippen LogP contribution in [0.3, 0.4) is 0 Å². The summed E-state index contributed by atoms with van der Waals surface area (Å²) in [4.78, 5) is 0. The lowest BCUT2D eigenvalue weighted by molar-refractivity contribution is 0.180. The average Bonchev–Trinajstić information content (AvgIpc) is 1.95. The van der Waals surface area contributed by atoms with Crippen LogP contribution in [0.4, 0.5) is 0 Å². The van der Waals surface area contributed by atoms with Gasteiger partial charge in [0.1, 0.15) is 0 Å². The van der Waals surface area contributed by atoms with Gasteiger partial charge in [0.05, 0.1) is 6.61 Å². The van der Waals surface area contributed by atoms with Crippen LogP contribution in [0.25, 0.3) is 0 Å². The lowest BCUT2D eigenvalue weighted by Crippen LogP contribution is -2.41. The molecule has 0 fully saturated rings. The minimum atomic E-state index is -3.63. The molecule has 0 saturated carbocycles. The minimum Gasteiger partial charge on any atom is -0.383 e. The molecule has 0 unspecified atom stereocenters. The second kappa shape index (κ2) is 5.44. The molecule has 0 amide bonds. The topological polar surface area (TPSA) is 98.7 Å². The van der Waals surface area contributed by atoms with Crippen molar-refractivity contribution >= 4 is 10.2 Å². The van der Waals surface area contributed by atoms with Crippen LogP contribution in [-0.2, 0) is 14.9 Å². The Morgan fingerprint density at radius 1 is 1.42 bits per heavy atom. The van der Waals surface area contributed by atoms with E-state index in [-0.39, 0.29) is 19.6 Å². The molecule has 0 aromatic heterocycles. The second-order valence-corrected chi connectivity index (χ2v) is 3.77. The van der Waals surface area contributed by atoms with Gasteiger partial charge in [0.25, 0.3) is 10.2 Å². The summed E-state index contributed by atoms with van der Waals surface area (Å²) in [6.45, 7) is 1.03. The maximum atomic E-state index is 10.8. The van der Waals surface area contributed by atoms with Crippen molar-refractivity contribution in [2.45, 2.75) is 0 Å². The van der Waals surface area contributed by atoms with E-state index >= 15 is 0 Å². The molecule has 0 rings (SSSR count). The molecule has 12 heavy (non-hydrogen) atoms. The Hall–Kier alpha value is -0.210. The number of ether oxygens (including phenoxy) is 1. The highest BCUT2D eigenvalue weighted by molar-refractivity contribution is 7.86. The molecule has 0 heterocycles. The van der Waals surface area contributed by atoms with Crippen LogP contribution in [0.1, 0.15) is 0 Å². The molecule has 0 aliphatic heterocycles. The maximum Gasteiger partial charge on any atom is 0.277 e. The summed E-state index contributed by atoms with van der Waals surface area (Å²) in [5, 5.41) is 4.89. The first-order valence-corrected chi connectivity index (χ1v) is 4.99. The molecular formula is C5H15N3O3S. The average molecular weight is 197 g/mol. The van der Waals surface area contributed by atoms with Crippen molar-refractivity contribution in [1.82, 2.24) is 4.31 Å². The third-order valence-electron chi connectivity index (χ3n) is 1.28. The predicted molar refractivity (Wildman–Crippen MR) is 45.6 cm³/mol. The van der Waals surface area contributed by atoms with E-state index < -0.39 is 10.2 Å². The molecule has 7 heteroatoms. The van der Waals surface area contributed by atoms with Crippen molar-refractivity contribution in [3.63, 3.8) is 0 Å². The van der Waals surface area contributed by atoms with E-state index in [1.165, 1.54) is 7.11 Å². The molecule has 0 saturated heterocycles. The molecule has 0 aromatic carbocycles. The highest BCUT2D eigenvalue weighted by atomic mass is 32.2. The zero-order valence-electron chi connectivity index (χ0n) is 7.06. The summed E-state index contributed by atoms with van der Waals surface area (Å²) in [5.41, 5.74) is 5.20. The Balaban J connectivity index is 4.05. The van der Waals surface area contributed by atoms with Crippen molar-refractivity contribution in [3.8, 4) is 0 Å². The summed E-state index contributed by atoms with van der Waals surface area (Å²) in [6.07, 6.45) is 0. The van der Waals surface area contributed by atoms with Crippen molar-refractivity contribution < 1.29 is 13.2 Å². The Morgan fingerprint density at radius 2 is 2.00 bits per heavy atom. The number of hydrogen-bond acceptors (Lipinski definition) is 4. The van der Waals surface area contributed by atoms with E-state index in [9.17, 15) is 8.42 Å². The first-order valence-electron chi connectivity index (χ1n) is 3.49. The van der Waals surface area contributed by atoms with Gasteiger partial charge in [-0.15, -0.1) is 0 Å². The van der Waals surface area contributed by atoms with Gasteiger partial charge in [0.15, 0.2) is 0 Å². The molecule has 0 radical (unpaired) electrons. The van der Waals surface area contributed by atoms with Crippen molar-refractivity contribution in [3.05, 3.63) is 0 Å². The van der Waals surface area contributed by atoms with E-state index in [2.05, 4.69) is 0 Å². The number of nitrogens with two attached hydrogens (primary N) is 2. The summed E-state index contributed by atoms with van der Waals surface area (Å²) in [6, 6.07) is 0. The first-order chi connectivity index (χ1) is 5.52. The SMILES string of the molecule is COCCN(CCN)S(N)(=O)=O. The molecule has 0 aliphatic carbocycles. The summed E-state index contributed by atoms with van der Waals surface area (Å²) in [7, 11) is -2.14. The van der Waals surface area contributed by atoms with Crippen LogP contribution in [0, 0.1) is 0 Å². The van der Waals surface area contributed by atoms with Crippen LogP contribution in [0.2, 0.25) is 0 Å². The summed E-state index contributed by atoms with van der Waals surface area (Å²) < 4.78 is 27.4. The second-order valence-electron chi connectivity index (χ2n) is 2.23. The van der Waals surface area contributed by atoms with Crippen molar-refractivity contribution in [2.75, 3.05) is 33.4 Å². The third-order valence-corrected chi connectivity index (χ3v) is 2.37. The van der Waals surface area contributed by atoms with Gasteiger partial charge in [0, 0.05) is 26.7 Å². The quantitative estimate of drug-likeness (QED) is 0.519. The molecule has 0 aromatic rings. The summed E-state index contributed by atoms with van der Waals surface area (Å²) in [5.74, 6) is 0. The Morgan fingerprint density at radius 3 is 2.33 bits per heavy atom. The fraction of sp³-hybridized carbons (Fsp3) is 1.00. The van der Waals surface area contributed by atoms with E-state index in [4.69, 9.17) is 15.6 Å². The van der Waals surface area contributed by atoms with Crippen LogP contribution in [0.15, 0.2) is 0 Å². The van der Waals surface area contributed by atoms with Gasteiger partial charge in [-0.2, -0.15) is 12.7 Å². The van der Waals surface area contributed by atoms with Gasteiger partial charge in [-0.3, -0.25) is 0 Å². The van der Waals surface area contributed by atoms with E-state index in [0.717, 1.165) is 4.31 Å². The van der Waals surface area contributed by atoms with Gasteiger partial charge in [-0.05, 0) is 0 Å². The number of nitrogens with zero attached hydrogens (tertiary/aromatic N) is 1. The Bertz CT molecular complexity index is 204. The van der Waals surface area contributed by atoms with Gasteiger partial charge in [-0.1, -0.05) is 0 Å². The Kier molecular flexibility index (Phi) is 5.34. The lowest BCUT2D eigenvalue weighted by Gasteiger charge is -2.17. The Labute approximate surface area is 72.6 Å². The van der Waals surface area contributed by atoms with Crippen LogP contribution >= 0.6 is 0 Å². The van der Waals surface area contributed by atoms with Gasteiger partial charge >= 0.3 is 0 Å². The summed E-state index contributed by atoms with van der Waals surface area (Å²) >= 11 is 0. The number of hydrogen-bond donors (Lipinski definition) is 2. The van der Waals surface area contributed by atoms with Gasteiger partial charge in [0.2, 0.25) is 0 Å². The molecule has 0 bridgehead atoms.